The standard InChI is InChI=1S/C24H25NO5S/c1-3-28-24(27)21-18-9-4-5-10-20(18)31-23(21)25-22(26)19-12-11-17(30-19)14-29-16-8-6-7-15(2)13-16/h6-8,11-13H,3-5,9-10,14H2,1-2H3,(H,25,26). The molecule has 0 fully saturated rings. The molecule has 6 nitrogen and oxygen atoms in total. The predicted molar refractivity (Wildman–Crippen MR) is 119 cm³/mol. The molecule has 0 aliphatic heterocycles. The first-order chi connectivity index (χ1) is 15.0. The summed E-state index contributed by atoms with van der Waals surface area (Å²) in [6, 6.07) is 11.1. The molecular weight excluding hydrogens is 414 g/mol. The lowest BCUT2D eigenvalue weighted by Gasteiger charge is -2.12. The second-order valence-electron chi connectivity index (χ2n) is 7.46. The van der Waals surface area contributed by atoms with Crippen LogP contribution in [0, 0.1) is 6.92 Å². The number of thiophene rings is 1. The number of nitrogens with one attached hydrogen (secondary N) is 1. The van der Waals surface area contributed by atoms with Gasteiger partial charge in [-0.15, -0.1) is 11.3 Å². The van der Waals surface area contributed by atoms with Gasteiger partial charge in [0.25, 0.3) is 5.91 Å². The zero-order valence-corrected chi connectivity index (χ0v) is 18.5. The molecule has 162 valence electrons. The van der Waals surface area contributed by atoms with Crippen LogP contribution < -0.4 is 10.1 Å². The molecule has 0 atom stereocenters. The Kier molecular flexibility index (Phi) is 6.42. The van der Waals surface area contributed by atoms with E-state index in [1.54, 1.807) is 19.1 Å². The van der Waals surface area contributed by atoms with Crippen molar-refractivity contribution in [3.05, 3.63) is 69.5 Å². The fourth-order valence-corrected chi connectivity index (χ4v) is 4.95. The van der Waals surface area contributed by atoms with E-state index in [0.29, 0.717) is 22.9 Å². The molecule has 4 rings (SSSR count). The zero-order valence-electron chi connectivity index (χ0n) is 17.7. The third kappa shape index (κ3) is 4.82. The number of amides is 1. The fourth-order valence-electron chi connectivity index (χ4n) is 3.67. The lowest BCUT2D eigenvalue weighted by atomic mass is 9.95. The molecule has 31 heavy (non-hydrogen) atoms. The summed E-state index contributed by atoms with van der Waals surface area (Å²) < 4.78 is 16.6. The van der Waals surface area contributed by atoms with Gasteiger partial charge in [0.1, 0.15) is 23.1 Å². The van der Waals surface area contributed by atoms with Crippen molar-refractivity contribution in [1.29, 1.82) is 0 Å². The monoisotopic (exact) mass is 439 g/mol. The van der Waals surface area contributed by atoms with Crippen LogP contribution in [0.15, 0.2) is 40.8 Å². The van der Waals surface area contributed by atoms with Gasteiger partial charge in [-0.05, 0) is 74.9 Å². The Bertz CT molecular complexity index is 1100. The molecule has 2 heterocycles. The van der Waals surface area contributed by atoms with Gasteiger partial charge in [0.2, 0.25) is 0 Å². The smallest absolute Gasteiger partial charge is 0.341 e. The lowest BCUT2D eigenvalue weighted by molar-refractivity contribution is 0.0526. The van der Waals surface area contributed by atoms with Gasteiger partial charge in [0.15, 0.2) is 5.76 Å². The van der Waals surface area contributed by atoms with Crippen molar-refractivity contribution in [2.45, 2.75) is 46.1 Å². The Labute approximate surface area is 185 Å². The minimum Gasteiger partial charge on any atom is -0.486 e. The molecule has 0 saturated heterocycles. The van der Waals surface area contributed by atoms with Crippen LogP contribution >= 0.6 is 11.3 Å². The van der Waals surface area contributed by atoms with E-state index < -0.39 is 5.91 Å². The van der Waals surface area contributed by atoms with Crippen LogP contribution in [0.5, 0.6) is 5.75 Å². The second-order valence-corrected chi connectivity index (χ2v) is 8.57. The van der Waals surface area contributed by atoms with Gasteiger partial charge < -0.3 is 19.2 Å². The summed E-state index contributed by atoms with van der Waals surface area (Å²) in [5, 5.41) is 3.39. The number of anilines is 1. The highest BCUT2D eigenvalue weighted by Gasteiger charge is 2.28. The van der Waals surface area contributed by atoms with Crippen molar-refractivity contribution in [2.75, 3.05) is 11.9 Å². The Morgan fingerprint density at radius 3 is 2.81 bits per heavy atom. The number of benzene rings is 1. The summed E-state index contributed by atoms with van der Waals surface area (Å²) >= 11 is 1.46. The molecule has 1 aliphatic rings. The number of fused-ring (bicyclic) bond motifs is 1. The molecule has 0 saturated carbocycles. The molecule has 1 aliphatic carbocycles. The van der Waals surface area contributed by atoms with Gasteiger partial charge in [-0.2, -0.15) is 0 Å². The van der Waals surface area contributed by atoms with E-state index in [-0.39, 0.29) is 18.3 Å². The van der Waals surface area contributed by atoms with Crippen LogP contribution in [0.1, 0.15) is 62.4 Å². The summed E-state index contributed by atoms with van der Waals surface area (Å²) in [6.07, 6.45) is 3.87. The number of carbonyl (C=O) groups excluding carboxylic acids is 2. The number of hydrogen-bond donors (Lipinski definition) is 1. The van der Waals surface area contributed by atoms with Crippen molar-refractivity contribution in [2.24, 2.45) is 0 Å². The molecule has 0 unspecified atom stereocenters. The van der Waals surface area contributed by atoms with E-state index >= 15 is 0 Å². The van der Waals surface area contributed by atoms with Crippen LogP contribution in [0.3, 0.4) is 0 Å². The minimum absolute atomic E-state index is 0.170. The van der Waals surface area contributed by atoms with Gasteiger partial charge in [-0.25, -0.2) is 4.79 Å². The van der Waals surface area contributed by atoms with Crippen LogP contribution in [-0.4, -0.2) is 18.5 Å². The van der Waals surface area contributed by atoms with Crippen LogP contribution in [0.4, 0.5) is 5.00 Å². The average molecular weight is 440 g/mol. The summed E-state index contributed by atoms with van der Waals surface area (Å²) in [5.74, 6) is 0.673. The quantitative estimate of drug-likeness (QED) is 0.489. The van der Waals surface area contributed by atoms with Crippen molar-refractivity contribution in [3.63, 3.8) is 0 Å². The molecule has 0 bridgehead atoms. The van der Waals surface area contributed by atoms with E-state index in [1.807, 2.05) is 31.2 Å². The molecule has 3 aromatic rings. The predicted octanol–water partition coefficient (Wildman–Crippen LogP) is 5.54. The van der Waals surface area contributed by atoms with Crippen LogP contribution in [-0.2, 0) is 24.2 Å². The Morgan fingerprint density at radius 2 is 2.00 bits per heavy atom. The molecule has 1 amide bonds. The molecule has 7 heteroatoms. The van der Waals surface area contributed by atoms with Crippen molar-refractivity contribution in [1.82, 2.24) is 0 Å². The molecule has 0 spiro atoms. The SMILES string of the molecule is CCOC(=O)c1c(NC(=O)c2ccc(COc3cccc(C)c3)o2)sc2c1CCCC2. The first-order valence-corrected chi connectivity index (χ1v) is 11.3. The van der Waals surface area contributed by atoms with Crippen LogP contribution in [0.25, 0.3) is 0 Å². The summed E-state index contributed by atoms with van der Waals surface area (Å²) in [6.45, 7) is 4.28. The number of carbonyl (C=O) groups is 2. The maximum absolute atomic E-state index is 12.8. The number of rotatable bonds is 7. The lowest BCUT2D eigenvalue weighted by Crippen LogP contribution is -2.15. The molecule has 2 aromatic heterocycles. The fraction of sp³-hybridized carbons (Fsp3) is 0.333. The summed E-state index contributed by atoms with van der Waals surface area (Å²) in [5.41, 5.74) is 2.61. The first-order valence-electron chi connectivity index (χ1n) is 10.5. The van der Waals surface area contributed by atoms with Gasteiger partial charge >= 0.3 is 5.97 Å². The third-order valence-electron chi connectivity index (χ3n) is 5.13. The highest BCUT2D eigenvalue weighted by Crippen LogP contribution is 2.38. The van der Waals surface area contributed by atoms with Crippen molar-refractivity contribution < 1.29 is 23.5 Å². The molecule has 0 radical (unpaired) electrons. The Morgan fingerprint density at radius 1 is 1.16 bits per heavy atom. The average Bonchev–Trinajstić information content (AvgIpc) is 3.37. The normalized spacial score (nSPS) is 12.8. The van der Waals surface area contributed by atoms with Crippen LogP contribution in [0.2, 0.25) is 0 Å². The number of hydrogen-bond acceptors (Lipinski definition) is 6. The molecular formula is C24H25NO5S. The minimum atomic E-state index is -0.397. The van der Waals surface area contributed by atoms with Gasteiger partial charge in [0, 0.05) is 4.88 Å². The third-order valence-corrected chi connectivity index (χ3v) is 6.34. The zero-order chi connectivity index (χ0) is 21.8. The Balaban J connectivity index is 1.47. The van der Waals surface area contributed by atoms with Crippen molar-refractivity contribution >= 4 is 28.2 Å². The Hall–Kier alpha value is -3.06. The summed E-state index contributed by atoms with van der Waals surface area (Å²) in [4.78, 5) is 26.5. The maximum atomic E-state index is 12.8. The maximum Gasteiger partial charge on any atom is 0.341 e. The van der Waals surface area contributed by atoms with Gasteiger partial charge in [-0.3, -0.25) is 4.79 Å². The largest absolute Gasteiger partial charge is 0.486 e. The van der Waals surface area contributed by atoms with E-state index in [1.165, 1.54) is 11.3 Å². The van der Waals surface area contributed by atoms with Gasteiger partial charge in [0.05, 0.1) is 12.2 Å². The van der Waals surface area contributed by atoms with E-state index in [0.717, 1.165) is 47.4 Å². The molecule has 1 aromatic carbocycles. The summed E-state index contributed by atoms with van der Waals surface area (Å²) in [7, 11) is 0. The van der Waals surface area contributed by atoms with Gasteiger partial charge in [-0.1, -0.05) is 12.1 Å². The van der Waals surface area contributed by atoms with E-state index in [2.05, 4.69) is 5.32 Å². The van der Waals surface area contributed by atoms with E-state index in [9.17, 15) is 9.59 Å². The highest BCUT2D eigenvalue weighted by atomic mass is 32.1. The number of aryl methyl sites for hydroxylation is 2. The highest BCUT2D eigenvalue weighted by molar-refractivity contribution is 7.17. The topological polar surface area (TPSA) is 77.8 Å². The van der Waals surface area contributed by atoms with E-state index in [4.69, 9.17) is 13.9 Å². The second kappa shape index (κ2) is 9.39. The number of esters is 1. The first kappa shape index (κ1) is 21.2. The number of furan rings is 1. The van der Waals surface area contributed by atoms with Crippen molar-refractivity contribution in [3.8, 4) is 5.75 Å². The number of ether oxygens (including phenoxy) is 2. The molecule has 1 N–H and O–H groups in total.